The predicted octanol–water partition coefficient (Wildman–Crippen LogP) is 1.86. The van der Waals surface area contributed by atoms with Crippen LogP contribution >= 0.6 is 0 Å². The summed E-state index contributed by atoms with van der Waals surface area (Å²) in [6.45, 7) is 8.01. The van der Waals surface area contributed by atoms with Gasteiger partial charge in [-0.25, -0.2) is 4.98 Å². The smallest absolute Gasteiger partial charge is 0.258 e. The van der Waals surface area contributed by atoms with Crippen LogP contribution in [-0.4, -0.2) is 87.4 Å². The summed E-state index contributed by atoms with van der Waals surface area (Å²) in [4.78, 5) is 36.3. The van der Waals surface area contributed by atoms with E-state index in [1.165, 1.54) is 0 Å². The zero-order chi connectivity index (χ0) is 23.0. The van der Waals surface area contributed by atoms with Crippen molar-refractivity contribution in [3.05, 3.63) is 48.2 Å². The Labute approximate surface area is 194 Å². The molecule has 0 radical (unpaired) electrons. The van der Waals surface area contributed by atoms with E-state index in [1.54, 1.807) is 23.2 Å². The van der Waals surface area contributed by atoms with Crippen LogP contribution < -0.4 is 15.1 Å². The molecule has 0 saturated carbocycles. The summed E-state index contributed by atoms with van der Waals surface area (Å²) in [5.41, 5.74) is 2.31. The van der Waals surface area contributed by atoms with Gasteiger partial charge in [-0.2, -0.15) is 0 Å². The summed E-state index contributed by atoms with van der Waals surface area (Å²) in [6.07, 6.45) is 1.69. The summed E-state index contributed by atoms with van der Waals surface area (Å²) in [5.74, 6) is 0.203. The summed E-state index contributed by atoms with van der Waals surface area (Å²) < 4.78 is 10.8. The molecule has 2 amide bonds. The van der Waals surface area contributed by atoms with Crippen molar-refractivity contribution in [1.29, 1.82) is 0 Å². The molecular weight excluding hydrogens is 422 g/mol. The molecule has 9 nitrogen and oxygen atoms in total. The van der Waals surface area contributed by atoms with Crippen LogP contribution in [0.15, 0.2) is 42.6 Å². The van der Waals surface area contributed by atoms with Gasteiger partial charge in [0.1, 0.15) is 12.4 Å². The fourth-order valence-electron chi connectivity index (χ4n) is 4.04. The van der Waals surface area contributed by atoms with Crippen LogP contribution in [0.3, 0.4) is 0 Å². The number of aromatic nitrogens is 1. The molecule has 1 aromatic heterocycles. The molecule has 1 N–H and O–H groups in total. The molecule has 0 aliphatic carbocycles. The number of rotatable bonds is 7. The van der Waals surface area contributed by atoms with Gasteiger partial charge in [-0.05, 0) is 43.3 Å². The third-order valence-electron chi connectivity index (χ3n) is 5.86. The molecule has 2 fully saturated rings. The third kappa shape index (κ3) is 5.80. The van der Waals surface area contributed by atoms with Crippen molar-refractivity contribution in [2.45, 2.75) is 6.92 Å². The summed E-state index contributed by atoms with van der Waals surface area (Å²) in [7, 11) is 0. The topological polar surface area (TPSA) is 87.2 Å². The quantitative estimate of drug-likeness (QED) is 0.685. The van der Waals surface area contributed by atoms with Crippen molar-refractivity contribution < 1.29 is 19.1 Å². The van der Waals surface area contributed by atoms with Crippen molar-refractivity contribution in [1.82, 2.24) is 9.88 Å². The van der Waals surface area contributed by atoms with Gasteiger partial charge < -0.3 is 29.5 Å². The number of ether oxygens (including phenoxy) is 2. The lowest BCUT2D eigenvalue weighted by molar-refractivity contribution is -0.116. The number of pyridine rings is 1. The fourth-order valence-corrected chi connectivity index (χ4v) is 4.04. The Balaban J connectivity index is 1.38. The van der Waals surface area contributed by atoms with Gasteiger partial charge in [0.25, 0.3) is 5.91 Å². The minimum absolute atomic E-state index is 0.0298. The lowest BCUT2D eigenvalue weighted by Gasteiger charge is -2.30. The van der Waals surface area contributed by atoms with Crippen molar-refractivity contribution >= 4 is 29.0 Å². The lowest BCUT2D eigenvalue weighted by atomic mass is 10.2. The molecule has 0 atom stereocenters. The molecule has 9 heteroatoms. The van der Waals surface area contributed by atoms with E-state index in [0.717, 1.165) is 32.0 Å². The highest BCUT2D eigenvalue weighted by atomic mass is 16.5. The van der Waals surface area contributed by atoms with Gasteiger partial charge in [-0.15, -0.1) is 0 Å². The van der Waals surface area contributed by atoms with Crippen LogP contribution in [0.5, 0.6) is 0 Å². The Morgan fingerprint density at radius 1 is 0.970 bits per heavy atom. The second kappa shape index (κ2) is 11.1. The molecule has 0 bridgehead atoms. The van der Waals surface area contributed by atoms with Crippen LogP contribution in [0.25, 0.3) is 0 Å². The molecule has 2 aliphatic rings. The Morgan fingerprint density at radius 2 is 1.61 bits per heavy atom. The van der Waals surface area contributed by atoms with Crippen molar-refractivity contribution in [2.75, 3.05) is 80.8 Å². The lowest BCUT2D eigenvalue weighted by Crippen LogP contribution is -2.41. The van der Waals surface area contributed by atoms with Crippen LogP contribution in [0.2, 0.25) is 0 Å². The van der Waals surface area contributed by atoms with Crippen molar-refractivity contribution in [3.8, 4) is 0 Å². The summed E-state index contributed by atoms with van der Waals surface area (Å²) >= 11 is 0. The Hall–Kier alpha value is -3.17. The highest BCUT2D eigenvalue weighted by molar-refractivity contribution is 6.02. The maximum atomic E-state index is 13.3. The van der Waals surface area contributed by atoms with Gasteiger partial charge in [0.15, 0.2) is 0 Å². The Morgan fingerprint density at radius 3 is 2.24 bits per heavy atom. The van der Waals surface area contributed by atoms with Crippen molar-refractivity contribution in [3.63, 3.8) is 0 Å². The Kier molecular flexibility index (Phi) is 7.74. The van der Waals surface area contributed by atoms with Gasteiger partial charge in [-0.1, -0.05) is 0 Å². The molecule has 2 aliphatic heterocycles. The number of amides is 2. The first kappa shape index (κ1) is 23.0. The van der Waals surface area contributed by atoms with Crippen molar-refractivity contribution in [2.24, 2.45) is 0 Å². The number of likely N-dealkylation sites (N-methyl/N-ethyl adjacent to an activating group) is 1. The van der Waals surface area contributed by atoms with Crippen LogP contribution in [0.1, 0.15) is 17.3 Å². The van der Waals surface area contributed by atoms with Gasteiger partial charge in [0.2, 0.25) is 5.91 Å². The summed E-state index contributed by atoms with van der Waals surface area (Å²) in [5, 5.41) is 2.90. The molecule has 3 heterocycles. The number of carbonyl (C=O) groups is 2. The van der Waals surface area contributed by atoms with E-state index >= 15 is 0 Å². The van der Waals surface area contributed by atoms with Crippen LogP contribution in [-0.2, 0) is 14.3 Å². The predicted molar refractivity (Wildman–Crippen MR) is 127 cm³/mol. The van der Waals surface area contributed by atoms with E-state index in [-0.39, 0.29) is 18.4 Å². The van der Waals surface area contributed by atoms with Gasteiger partial charge in [0.05, 0.1) is 32.0 Å². The molecule has 33 heavy (non-hydrogen) atoms. The van der Waals surface area contributed by atoms with E-state index in [4.69, 9.17) is 9.47 Å². The standard InChI is InChI=1S/C24H31N5O4/c1-2-27(24(31)21-4-3-9-25-23(21)29-12-16-33-17-13-29)18-22(30)26-19-5-7-20(8-6-19)28-10-14-32-15-11-28/h3-9H,2,10-18H2,1H3,(H,26,30). The highest BCUT2D eigenvalue weighted by Crippen LogP contribution is 2.21. The van der Waals surface area contributed by atoms with Crippen LogP contribution in [0, 0.1) is 0 Å². The minimum Gasteiger partial charge on any atom is -0.378 e. The average Bonchev–Trinajstić information content (AvgIpc) is 2.88. The van der Waals surface area contributed by atoms with E-state index in [0.29, 0.717) is 49.9 Å². The molecule has 0 unspecified atom stereocenters. The van der Waals surface area contributed by atoms with E-state index < -0.39 is 0 Å². The zero-order valence-electron chi connectivity index (χ0n) is 19.0. The molecular formula is C24H31N5O4. The summed E-state index contributed by atoms with van der Waals surface area (Å²) in [6, 6.07) is 11.3. The number of nitrogens with zero attached hydrogens (tertiary/aromatic N) is 4. The second-order valence-electron chi connectivity index (χ2n) is 7.99. The van der Waals surface area contributed by atoms with Gasteiger partial charge in [-0.3, -0.25) is 9.59 Å². The molecule has 176 valence electrons. The SMILES string of the molecule is CCN(CC(=O)Nc1ccc(N2CCOCC2)cc1)C(=O)c1cccnc1N1CCOCC1. The fraction of sp³-hybridized carbons (Fsp3) is 0.458. The second-order valence-corrected chi connectivity index (χ2v) is 7.99. The van der Waals surface area contributed by atoms with E-state index in [1.807, 2.05) is 31.2 Å². The number of hydrogen-bond acceptors (Lipinski definition) is 7. The van der Waals surface area contributed by atoms with E-state index in [9.17, 15) is 9.59 Å². The number of hydrogen-bond donors (Lipinski definition) is 1. The van der Waals surface area contributed by atoms with E-state index in [2.05, 4.69) is 20.1 Å². The number of morpholine rings is 2. The minimum atomic E-state index is -0.235. The number of anilines is 3. The molecule has 2 aromatic rings. The number of nitrogens with one attached hydrogen (secondary N) is 1. The molecule has 2 saturated heterocycles. The maximum absolute atomic E-state index is 13.3. The maximum Gasteiger partial charge on any atom is 0.258 e. The largest absolute Gasteiger partial charge is 0.378 e. The van der Waals surface area contributed by atoms with Gasteiger partial charge >= 0.3 is 0 Å². The highest BCUT2D eigenvalue weighted by Gasteiger charge is 2.24. The third-order valence-corrected chi connectivity index (χ3v) is 5.86. The van der Waals surface area contributed by atoms with Crippen LogP contribution in [0.4, 0.5) is 17.2 Å². The zero-order valence-corrected chi connectivity index (χ0v) is 19.0. The first-order valence-corrected chi connectivity index (χ1v) is 11.5. The average molecular weight is 454 g/mol. The first-order valence-electron chi connectivity index (χ1n) is 11.5. The van der Waals surface area contributed by atoms with Gasteiger partial charge in [0, 0.05) is 50.3 Å². The number of carbonyl (C=O) groups excluding carboxylic acids is 2. The first-order chi connectivity index (χ1) is 16.2. The Bertz CT molecular complexity index is 940. The normalized spacial score (nSPS) is 16.4. The number of benzene rings is 1. The molecule has 0 spiro atoms. The monoisotopic (exact) mass is 453 g/mol. The molecule has 1 aromatic carbocycles. The molecule has 4 rings (SSSR count).